The molecule has 1 aromatic heterocycles. The third-order valence-corrected chi connectivity index (χ3v) is 3.88. The fraction of sp³-hybridized carbons (Fsp3) is 0.211. The molecule has 0 saturated heterocycles. The third-order valence-electron chi connectivity index (χ3n) is 3.88. The number of hydrogen-bond acceptors (Lipinski definition) is 0. The Bertz CT molecular complexity index is 749. The van der Waals surface area contributed by atoms with Gasteiger partial charge < -0.3 is 0 Å². The second-order valence-corrected chi connectivity index (χ2v) is 5.58. The lowest BCUT2D eigenvalue weighted by atomic mass is 10.1. The summed E-state index contributed by atoms with van der Waals surface area (Å²) in [5.41, 5.74) is 5.31. The Hall–Kier alpha value is -2.15. The topological polar surface area (TPSA) is 3.88 Å². The van der Waals surface area contributed by atoms with Crippen LogP contribution >= 0.6 is 0 Å². The number of hydrogen-bond donors (Lipinski definition) is 0. The molecule has 1 heteroatoms. The van der Waals surface area contributed by atoms with Crippen LogP contribution in [0.5, 0.6) is 0 Å². The van der Waals surface area contributed by atoms with Gasteiger partial charge in [-0.1, -0.05) is 36.4 Å². The van der Waals surface area contributed by atoms with Gasteiger partial charge in [-0.3, -0.25) is 0 Å². The molecule has 0 aliphatic heterocycles. The average molecular weight is 262 g/mol. The lowest BCUT2D eigenvalue weighted by Crippen LogP contribution is -2.40. The molecule has 0 aliphatic carbocycles. The summed E-state index contributed by atoms with van der Waals surface area (Å²) in [4.78, 5) is 0. The van der Waals surface area contributed by atoms with Gasteiger partial charge in [0.05, 0.1) is 0 Å². The van der Waals surface area contributed by atoms with Crippen molar-refractivity contribution < 1.29 is 4.57 Å². The SMILES string of the molecule is Cc1cc(C)[n+](Cc2ccc3ccccc3c2)c(C)c1. The summed E-state index contributed by atoms with van der Waals surface area (Å²) in [6.45, 7) is 7.45. The van der Waals surface area contributed by atoms with E-state index < -0.39 is 0 Å². The third kappa shape index (κ3) is 2.44. The lowest BCUT2D eigenvalue weighted by molar-refractivity contribution is -0.700. The molecule has 0 saturated carbocycles. The van der Waals surface area contributed by atoms with Crippen molar-refractivity contribution in [3.63, 3.8) is 0 Å². The van der Waals surface area contributed by atoms with Crippen LogP contribution in [0.4, 0.5) is 0 Å². The van der Waals surface area contributed by atoms with Gasteiger partial charge >= 0.3 is 0 Å². The molecule has 0 spiro atoms. The highest BCUT2D eigenvalue weighted by atomic mass is 15.0. The zero-order valence-electron chi connectivity index (χ0n) is 12.4. The van der Waals surface area contributed by atoms with Gasteiger partial charge in [0.25, 0.3) is 0 Å². The van der Waals surface area contributed by atoms with Crippen molar-refractivity contribution in [2.75, 3.05) is 0 Å². The van der Waals surface area contributed by atoms with Crippen LogP contribution in [0.15, 0.2) is 54.6 Å². The number of benzene rings is 2. The Morgan fingerprint density at radius 2 is 1.40 bits per heavy atom. The van der Waals surface area contributed by atoms with E-state index in [1.807, 2.05) is 0 Å². The van der Waals surface area contributed by atoms with Gasteiger partial charge in [0.2, 0.25) is 0 Å². The van der Waals surface area contributed by atoms with Gasteiger partial charge in [0.1, 0.15) is 0 Å². The maximum Gasteiger partial charge on any atom is 0.179 e. The van der Waals surface area contributed by atoms with E-state index in [0.717, 1.165) is 6.54 Å². The van der Waals surface area contributed by atoms with Gasteiger partial charge in [-0.25, -0.2) is 0 Å². The van der Waals surface area contributed by atoms with Crippen LogP contribution in [0, 0.1) is 20.8 Å². The lowest BCUT2D eigenvalue weighted by Gasteiger charge is -2.07. The maximum atomic E-state index is 2.37. The fourth-order valence-corrected chi connectivity index (χ4v) is 2.90. The predicted octanol–water partition coefficient (Wildman–Crippen LogP) is 4.10. The smallest absolute Gasteiger partial charge is 0.179 e. The first-order valence-electron chi connectivity index (χ1n) is 7.09. The zero-order valence-corrected chi connectivity index (χ0v) is 12.4. The predicted molar refractivity (Wildman–Crippen MR) is 83.9 cm³/mol. The highest BCUT2D eigenvalue weighted by Crippen LogP contribution is 2.15. The molecule has 1 nitrogen and oxygen atoms in total. The molecule has 0 amide bonds. The van der Waals surface area contributed by atoms with Crippen molar-refractivity contribution >= 4 is 10.8 Å². The first kappa shape index (κ1) is 12.9. The van der Waals surface area contributed by atoms with Crippen molar-refractivity contribution in [1.82, 2.24) is 0 Å². The van der Waals surface area contributed by atoms with Gasteiger partial charge in [0, 0.05) is 31.5 Å². The summed E-state index contributed by atoms with van der Waals surface area (Å²) in [5, 5.41) is 2.62. The number of pyridine rings is 1. The number of fused-ring (bicyclic) bond motifs is 1. The van der Waals surface area contributed by atoms with Crippen LogP contribution in [0.1, 0.15) is 22.5 Å². The van der Waals surface area contributed by atoms with Gasteiger partial charge in [-0.05, 0) is 29.3 Å². The molecule has 3 aromatic rings. The van der Waals surface area contributed by atoms with Crippen molar-refractivity contribution in [3.8, 4) is 0 Å². The Kier molecular flexibility index (Phi) is 3.27. The second kappa shape index (κ2) is 5.09. The average Bonchev–Trinajstić information content (AvgIpc) is 2.42. The van der Waals surface area contributed by atoms with Crippen LogP contribution < -0.4 is 4.57 Å². The van der Waals surface area contributed by atoms with Crippen LogP contribution in [0.3, 0.4) is 0 Å². The standard InChI is InChI=1S/C19H20N/c1-14-10-15(2)20(16(3)11-14)13-17-8-9-18-6-4-5-7-19(18)12-17/h4-12H,13H2,1-3H3/q+1. The molecule has 20 heavy (non-hydrogen) atoms. The number of nitrogens with zero attached hydrogens (tertiary/aromatic N) is 1. The molecular formula is C19H20N+. The minimum absolute atomic E-state index is 0.933. The molecule has 0 unspecified atom stereocenters. The summed E-state index contributed by atoms with van der Waals surface area (Å²) < 4.78 is 2.37. The number of aryl methyl sites for hydroxylation is 3. The monoisotopic (exact) mass is 262 g/mol. The largest absolute Gasteiger partial charge is 0.196 e. The van der Waals surface area contributed by atoms with E-state index in [-0.39, 0.29) is 0 Å². The number of rotatable bonds is 2. The van der Waals surface area contributed by atoms with Crippen LogP contribution in [0.2, 0.25) is 0 Å². The minimum Gasteiger partial charge on any atom is -0.196 e. The summed E-state index contributed by atoms with van der Waals surface area (Å²) in [6, 6.07) is 19.8. The molecule has 0 bridgehead atoms. The molecule has 0 radical (unpaired) electrons. The van der Waals surface area contributed by atoms with Crippen LogP contribution in [-0.2, 0) is 6.54 Å². The second-order valence-electron chi connectivity index (χ2n) is 5.58. The van der Waals surface area contributed by atoms with E-state index in [2.05, 4.69) is 79.9 Å². The molecule has 0 aliphatic rings. The Morgan fingerprint density at radius 1 is 0.750 bits per heavy atom. The van der Waals surface area contributed by atoms with Crippen molar-refractivity contribution in [3.05, 3.63) is 77.1 Å². The molecule has 0 N–H and O–H groups in total. The van der Waals surface area contributed by atoms with E-state index in [4.69, 9.17) is 0 Å². The van der Waals surface area contributed by atoms with Crippen LogP contribution in [-0.4, -0.2) is 0 Å². The Balaban J connectivity index is 2.01. The molecule has 0 fully saturated rings. The van der Waals surface area contributed by atoms with Crippen molar-refractivity contribution in [2.24, 2.45) is 0 Å². The van der Waals surface area contributed by atoms with E-state index >= 15 is 0 Å². The van der Waals surface area contributed by atoms with Gasteiger partial charge in [-0.15, -0.1) is 0 Å². The van der Waals surface area contributed by atoms with Crippen LogP contribution in [0.25, 0.3) is 10.8 Å². The molecular weight excluding hydrogens is 242 g/mol. The maximum absolute atomic E-state index is 2.37. The van der Waals surface area contributed by atoms with Crippen molar-refractivity contribution in [2.45, 2.75) is 27.3 Å². The van der Waals surface area contributed by atoms with Gasteiger partial charge in [-0.2, -0.15) is 4.57 Å². The Labute approximate surface area is 120 Å². The Morgan fingerprint density at radius 3 is 2.10 bits per heavy atom. The van der Waals surface area contributed by atoms with E-state index in [1.165, 1.54) is 33.3 Å². The molecule has 2 aromatic carbocycles. The highest BCUT2D eigenvalue weighted by Gasteiger charge is 2.12. The summed E-state index contributed by atoms with van der Waals surface area (Å²) >= 11 is 0. The quantitative estimate of drug-likeness (QED) is 0.612. The van der Waals surface area contributed by atoms with E-state index in [0.29, 0.717) is 0 Å². The summed E-state index contributed by atoms with van der Waals surface area (Å²) in [6.07, 6.45) is 0. The fourth-order valence-electron chi connectivity index (χ4n) is 2.90. The molecule has 1 heterocycles. The highest BCUT2D eigenvalue weighted by molar-refractivity contribution is 5.82. The van der Waals surface area contributed by atoms with Gasteiger partial charge in [0.15, 0.2) is 17.9 Å². The first-order valence-corrected chi connectivity index (χ1v) is 7.09. The molecule has 0 atom stereocenters. The molecule has 3 rings (SSSR count). The first-order chi connectivity index (χ1) is 9.63. The van der Waals surface area contributed by atoms with E-state index in [9.17, 15) is 0 Å². The number of aromatic nitrogens is 1. The zero-order chi connectivity index (χ0) is 14.1. The summed E-state index contributed by atoms with van der Waals surface area (Å²) in [7, 11) is 0. The normalized spacial score (nSPS) is 10.9. The molecule has 100 valence electrons. The summed E-state index contributed by atoms with van der Waals surface area (Å²) in [5.74, 6) is 0. The van der Waals surface area contributed by atoms with Crippen molar-refractivity contribution in [1.29, 1.82) is 0 Å². The van der Waals surface area contributed by atoms with E-state index in [1.54, 1.807) is 0 Å². The minimum atomic E-state index is 0.933.